The highest BCUT2D eigenvalue weighted by Crippen LogP contribution is 2.13. The van der Waals surface area contributed by atoms with E-state index in [0.29, 0.717) is 12.8 Å². The lowest BCUT2D eigenvalue weighted by Gasteiger charge is -2.04. The van der Waals surface area contributed by atoms with Crippen LogP contribution in [0.15, 0.2) is 23.3 Å². The molecule has 0 atom stereocenters. The SMILES string of the molecule is NC(=O)/C(=C\C(=O)O)CCCC/C(=C/C(=O)O)C(N)=O. The van der Waals surface area contributed by atoms with E-state index in [0.717, 1.165) is 12.2 Å². The van der Waals surface area contributed by atoms with E-state index in [1.807, 2.05) is 0 Å². The van der Waals surface area contributed by atoms with Gasteiger partial charge in [0.15, 0.2) is 0 Å². The maximum absolute atomic E-state index is 10.9. The Kier molecular flexibility index (Phi) is 7.34. The first-order valence-corrected chi connectivity index (χ1v) is 5.70. The van der Waals surface area contributed by atoms with Gasteiger partial charge in [0.1, 0.15) is 0 Å². The fourth-order valence-corrected chi connectivity index (χ4v) is 1.46. The summed E-state index contributed by atoms with van der Waals surface area (Å²) in [6.07, 6.45) is 2.44. The molecule has 0 heterocycles. The molecule has 2 amide bonds. The number of carboxylic acid groups (broad SMARTS) is 2. The van der Waals surface area contributed by atoms with E-state index in [1.54, 1.807) is 0 Å². The predicted molar refractivity (Wildman–Crippen MR) is 68.3 cm³/mol. The molecule has 0 rings (SSSR count). The molecule has 8 heteroatoms. The van der Waals surface area contributed by atoms with E-state index in [9.17, 15) is 19.2 Å². The van der Waals surface area contributed by atoms with Gasteiger partial charge in [-0.05, 0) is 25.7 Å². The number of carboxylic acids is 2. The zero-order valence-electron chi connectivity index (χ0n) is 10.7. The molecule has 0 aliphatic rings. The second-order valence-electron chi connectivity index (χ2n) is 3.95. The molecule has 0 fully saturated rings. The fraction of sp³-hybridized carbons (Fsp3) is 0.333. The van der Waals surface area contributed by atoms with Gasteiger partial charge >= 0.3 is 11.9 Å². The Bertz CT molecular complexity index is 434. The Labute approximate surface area is 114 Å². The van der Waals surface area contributed by atoms with Gasteiger partial charge in [-0.1, -0.05) is 0 Å². The van der Waals surface area contributed by atoms with Crippen molar-refractivity contribution in [1.29, 1.82) is 0 Å². The standard InChI is InChI=1S/C12H16N2O6/c13-11(19)7(5-9(15)16)3-1-2-4-8(12(14)20)6-10(17)18/h5-6H,1-4H2,(H2,13,19)(H2,14,20)(H,15,16)(H,17,18)/b7-5-,8-6-. The lowest BCUT2D eigenvalue weighted by molar-refractivity contribution is -0.132. The van der Waals surface area contributed by atoms with Crippen molar-refractivity contribution in [3.63, 3.8) is 0 Å². The first-order valence-electron chi connectivity index (χ1n) is 5.70. The normalized spacial score (nSPS) is 12.0. The summed E-state index contributed by atoms with van der Waals surface area (Å²) >= 11 is 0. The summed E-state index contributed by atoms with van der Waals surface area (Å²) in [6.45, 7) is 0. The van der Waals surface area contributed by atoms with Crippen LogP contribution in [0.25, 0.3) is 0 Å². The van der Waals surface area contributed by atoms with Gasteiger partial charge in [-0.15, -0.1) is 0 Å². The van der Waals surface area contributed by atoms with Crippen LogP contribution in [0.2, 0.25) is 0 Å². The zero-order chi connectivity index (χ0) is 15.7. The average Bonchev–Trinajstić information content (AvgIpc) is 2.29. The molecule has 20 heavy (non-hydrogen) atoms. The quantitative estimate of drug-likeness (QED) is 0.331. The number of carbonyl (C=O) groups is 4. The van der Waals surface area contributed by atoms with E-state index >= 15 is 0 Å². The largest absolute Gasteiger partial charge is 0.478 e. The number of hydrogen-bond acceptors (Lipinski definition) is 4. The van der Waals surface area contributed by atoms with Gasteiger partial charge in [-0.3, -0.25) is 9.59 Å². The second kappa shape index (κ2) is 8.46. The second-order valence-corrected chi connectivity index (χ2v) is 3.95. The van der Waals surface area contributed by atoms with Crippen LogP contribution in [0.4, 0.5) is 0 Å². The molecule has 8 nitrogen and oxygen atoms in total. The lowest BCUT2D eigenvalue weighted by Crippen LogP contribution is -2.16. The number of carbonyl (C=O) groups excluding carboxylic acids is 2. The van der Waals surface area contributed by atoms with Gasteiger partial charge in [-0.2, -0.15) is 0 Å². The van der Waals surface area contributed by atoms with Gasteiger partial charge < -0.3 is 21.7 Å². The van der Waals surface area contributed by atoms with Crippen LogP contribution in [0.1, 0.15) is 25.7 Å². The van der Waals surface area contributed by atoms with Gasteiger partial charge in [-0.25, -0.2) is 9.59 Å². The van der Waals surface area contributed by atoms with Crippen LogP contribution < -0.4 is 11.5 Å². The van der Waals surface area contributed by atoms with Crippen molar-refractivity contribution >= 4 is 23.8 Å². The van der Waals surface area contributed by atoms with Crippen LogP contribution in [0.5, 0.6) is 0 Å². The molecule has 0 radical (unpaired) electrons. The summed E-state index contributed by atoms with van der Waals surface area (Å²) in [7, 11) is 0. The topological polar surface area (TPSA) is 161 Å². The van der Waals surface area contributed by atoms with E-state index < -0.39 is 23.8 Å². The van der Waals surface area contributed by atoms with Crippen molar-refractivity contribution in [3.05, 3.63) is 23.3 Å². The number of hydrogen-bond donors (Lipinski definition) is 4. The molecule has 0 saturated heterocycles. The first-order chi connectivity index (χ1) is 9.23. The van der Waals surface area contributed by atoms with Crippen LogP contribution in [-0.4, -0.2) is 34.0 Å². The van der Waals surface area contributed by atoms with Crippen LogP contribution in [0, 0.1) is 0 Å². The van der Waals surface area contributed by atoms with E-state index in [2.05, 4.69) is 0 Å². The highest BCUT2D eigenvalue weighted by molar-refractivity contribution is 5.98. The van der Waals surface area contributed by atoms with Crippen molar-refractivity contribution in [3.8, 4) is 0 Å². The molecule has 0 spiro atoms. The van der Waals surface area contributed by atoms with Crippen LogP contribution in [0.3, 0.4) is 0 Å². The summed E-state index contributed by atoms with van der Waals surface area (Å²) < 4.78 is 0. The van der Waals surface area contributed by atoms with E-state index in [-0.39, 0.29) is 24.0 Å². The third kappa shape index (κ3) is 7.64. The van der Waals surface area contributed by atoms with Crippen molar-refractivity contribution in [2.24, 2.45) is 11.5 Å². The van der Waals surface area contributed by atoms with Crippen molar-refractivity contribution in [2.45, 2.75) is 25.7 Å². The zero-order valence-corrected chi connectivity index (χ0v) is 10.7. The third-order valence-electron chi connectivity index (χ3n) is 2.37. The Morgan fingerprint density at radius 2 is 1.05 bits per heavy atom. The first kappa shape index (κ1) is 17.4. The Morgan fingerprint density at radius 3 is 1.25 bits per heavy atom. The molecule has 0 aliphatic heterocycles. The molecule has 0 aromatic heterocycles. The molecule has 0 unspecified atom stereocenters. The Balaban J connectivity index is 4.43. The van der Waals surface area contributed by atoms with E-state index in [4.69, 9.17) is 21.7 Å². The summed E-state index contributed by atoms with van der Waals surface area (Å²) in [5.41, 5.74) is 9.93. The summed E-state index contributed by atoms with van der Waals surface area (Å²) in [5, 5.41) is 17.1. The highest BCUT2D eigenvalue weighted by atomic mass is 16.4. The van der Waals surface area contributed by atoms with Crippen LogP contribution in [-0.2, 0) is 19.2 Å². The summed E-state index contributed by atoms with van der Waals surface area (Å²) in [6, 6.07) is 0. The van der Waals surface area contributed by atoms with Crippen LogP contribution >= 0.6 is 0 Å². The minimum absolute atomic E-state index is 0.0414. The number of rotatable bonds is 9. The van der Waals surface area contributed by atoms with Gasteiger partial charge in [0.25, 0.3) is 0 Å². The Hall–Kier alpha value is -2.64. The Morgan fingerprint density at radius 1 is 0.750 bits per heavy atom. The number of aliphatic carboxylic acids is 2. The predicted octanol–water partition coefficient (Wildman–Crippen LogP) is -0.461. The molecule has 6 N–H and O–H groups in total. The molecule has 0 saturated carbocycles. The molecule has 110 valence electrons. The smallest absolute Gasteiger partial charge is 0.328 e. The van der Waals surface area contributed by atoms with Gasteiger partial charge in [0.05, 0.1) is 0 Å². The lowest BCUT2D eigenvalue weighted by atomic mass is 10.0. The molecule has 0 bridgehead atoms. The third-order valence-corrected chi connectivity index (χ3v) is 2.37. The average molecular weight is 284 g/mol. The highest BCUT2D eigenvalue weighted by Gasteiger charge is 2.10. The minimum Gasteiger partial charge on any atom is -0.478 e. The van der Waals surface area contributed by atoms with E-state index in [1.165, 1.54) is 0 Å². The number of amides is 2. The minimum atomic E-state index is -1.28. The van der Waals surface area contributed by atoms with Crippen molar-refractivity contribution in [2.75, 3.05) is 0 Å². The van der Waals surface area contributed by atoms with Gasteiger partial charge in [0.2, 0.25) is 11.8 Å². The van der Waals surface area contributed by atoms with Crippen molar-refractivity contribution in [1.82, 2.24) is 0 Å². The maximum atomic E-state index is 10.9. The molecule has 0 aromatic rings. The molecular formula is C12H16N2O6. The number of unbranched alkanes of at least 4 members (excludes halogenated alkanes) is 1. The molecular weight excluding hydrogens is 268 g/mol. The number of primary amides is 2. The monoisotopic (exact) mass is 284 g/mol. The number of nitrogens with two attached hydrogens (primary N) is 2. The molecule has 0 aromatic carbocycles. The molecule has 0 aliphatic carbocycles. The fourth-order valence-electron chi connectivity index (χ4n) is 1.46. The maximum Gasteiger partial charge on any atom is 0.328 e. The van der Waals surface area contributed by atoms with Crippen molar-refractivity contribution < 1.29 is 29.4 Å². The van der Waals surface area contributed by atoms with Gasteiger partial charge in [0, 0.05) is 23.3 Å². The summed E-state index contributed by atoms with van der Waals surface area (Å²) in [4.78, 5) is 42.8. The summed E-state index contributed by atoms with van der Waals surface area (Å²) in [5.74, 6) is -4.21.